The highest BCUT2D eigenvalue weighted by Crippen LogP contribution is 2.24. The number of hydrogen-bond acceptors (Lipinski definition) is 3. The lowest BCUT2D eigenvalue weighted by Gasteiger charge is -2.25. The molecule has 1 aromatic heterocycles. The first-order valence-corrected chi connectivity index (χ1v) is 8.25. The molecule has 1 aromatic rings. The Morgan fingerprint density at radius 1 is 1.10 bits per heavy atom. The van der Waals surface area contributed by atoms with Crippen molar-refractivity contribution in [1.82, 2.24) is 9.88 Å². The summed E-state index contributed by atoms with van der Waals surface area (Å²) >= 11 is 12.1. The van der Waals surface area contributed by atoms with E-state index in [0.29, 0.717) is 10.9 Å². The van der Waals surface area contributed by atoms with Gasteiger partial charge in [-0.3, -0.25) is 0 Å². The average Bonchev–Trinajstić information content (AvgIpc) is 2.48. The quantitative estimate of drug-likeness (QED) is 0.641. The highest BCUT2D eigenvalue weighted by molar-refractivity contribution is 6.33. The summed E-state index contributed by atoms with van der Waals surface area (Å²) in [6, 6.07) is 1.91. The predicted octanol–water partition coefficient (Wildman–Crippen LogP) is 4.03. The molecule has 5 heteroatoms. The van der Waals surface area contributed by atoms with Gasteiger partial charge in [-0.1, -0.05) is 25.4 Å². The molecule has 1 heterocycles. The first-order chi connectivity index (χ1) is 9.65. The summed E-state index contributed by atoms with van der Waals surface area (Å²) in [7, 11) is 0. The second kappa shape index (κ2) is 9.43. The minimum atomic E-state index is 0.446. The molecular formula is C15H25Cl2N3. The standard InChI is InChI=1S/C15H25Cl2N3/c1-4-19(5-2)8-7-9-20(6-3)15-14(17)10-13(11-16)12-18-15/h10,12H,4-9,11H2,1-3H3. The zero-order chi connectivity index (χ0) is 15.0. The Bertz CT molecular complexity index is 395. The number of halogens is 2. The van der Waals surface area contributed by atoms with Gasteiger partial charge in [0.2, 0.25) is 0 Å². The van der Waals surface area contributed by atoms with Crippen molar-refractivity contribution in [3.63, 3.8) is 0 Å². The van der Waals surface area contributed by atoms with Crippen LogP contribution in [0.5, 0.6) is 0 Å². The molecule has 1 rings (SSSR count). The van der Waals surface area contributed by atoms with Crippen molar-refractivity contribution < 1.29 is 0 Å². The van der Waals surface area contributed by atoms with Crippen LogP contribution in [0.3, 0.4) is 0 Å². The van der Waals surface area contributed by atoms with Gasteiger partial charge in [-0.15, -0.1) is 11.6 Å². The van der Waals surface area contributed by atoms with Crippen LogP contribution < -0.4 is 4.90 Å². The minimum absolute atomic E-state index is 0.446. The van der Waals surface area contributed by atoms with Crippen LogP contribution in [0.15, 0.2) is 12.3 Å². The molecule has 0 spiro atoms. The molecule has 20 heavy (non-hydrogen) atoms. The number of hydrogen-bond donors (Lipinski definition) is 0. The summed E-state index contributed by atoms with van der Waals surface area (Å²) in [5.74, 6) is 1.31. The first-order valence-electron chi connectivity index (χ1n) is 7.33. The second-order valence-electron chi connectivity index (χ2n) is 4.74. The molecule has 0 atom stereocenters. The molecule has 0 aliphatic carbocycles. The number of anilines is 1. The molecule has 0 saturated carbocycles. The Morgan fingerprint density at radius 2 is 1.80 bits per heavy atom. The summed E-state index contributed by atoms with van der Waals surface area (Å²) < 4.78 is 0. The van der Waals surface area contributed by atoms with Crippen molar-refractivity contribution in [2.75, 3.05) is 37.6 Å². The van der Waals surface area contributed by atoms with E-state index >= 15 is 0 Å². The van der Waals surface area contributed by atoms with Crippen LogP contribution in [0.4, 0.5) is 5.82 Å². The first kappa shape index (κ1) is 17.5. The lowest BCUT2D eigenvalue weighted by Crippen LogP contribution is -2.30. The Morgan fingerprint density at radius 3 is 2.30 bits per heavy atom. The number of rotatable bonds is 9. The monoisotopic (exact) mass is 317 g/mol. The number of pyridine rings is 1. The van der Waals surface area contributed by atoms with Crippen molar-refractivity contribution in [2.24, 2.45) is 0 Å². The number of alkyl halides is 1. The van der Waals surface area contributed by atoms with Crippen molar-refractivity contribution in [3.05, 3.63) is 22.8 Å². The molecular weight excluding hydrogens is 293 g/mol. The van der Waals surface area contributed by atoms with Crippen molar-refractivity contribution in [2.45, 2.75) is 33.1 Å². The summed E-state index contributed by atoms with van der Waals surface area (Å²) in [5, 5.41) is 0.688. The van der Waals surface area contributed by atoms with E-state index < -0.39 is 0 Å². The molecule has 0 bridgehead atoms. The van der Waals surface area contributed by atoms with Gasteiger partial charge in [0.15, 0.2) is 0 Å². The zero-order valence-electron chi connectivity index (χ0n) is 12.7. The van der Waals surface area contributed by atoms with Crippen LogP contribution in [-0.2, 0) is 5.88 Å². The average molecular weight is 318 g/mol. The van der Waals surface area contributed by atoms with Gasteiger partial charge in [0, 0.05) is 25.2 Å². The third kappa shape index (κ3) is 5.12. The van der Waals surface area contributed by atoms with E-state index in [9.17, 15) is 0 Å². The van der Waals surface area contributed by atoms with Crippen molar-refractivity contribution >= 4 is 29.0 Å². The van der Waals surface area contributed by atoms with E-state index in [1.54, 1.807) is 6.20 Å². The topological polar surface area (TPSA) is 19.4 Å². The van der Waals surface area contributed by atoms with Gasteiger partial charge in [-0.05, 0) is 44.6 Å². The maximum absolute atomic E-state index is 6.30. The van der Waals surface area contributed by atoms with Gasteiger partial charge in [0.05, 0.1) is 5.02 Å². The third-order valence-corrected chi connectivity index (χ3v) is 4.10. The van der Waals surface area contributed by atoms with Gasteiger partial charge in [0.25, 0.3) is 0 Å². The summed E-state index contributed by atoms with van der Waals surface area (Å²) in [5.41, 5.74) is 0.958. The van der Waals surface area contributed by atoms with Gasteiger partial charge in [-0.2, -0.15) is 0 Å². The van der Waals surface area contributed by atoms with Gasteiger partial charge < -0.3 is 9.80 Å². The van der Waals surface area contributed by atoms with E-state index in [0.717, 1.165) is 50.5 Å². The van der Waals surface area contributed by atoms with Crippen LogP contribution in [-0.4, -0.2) is 42.6 Å². The Labute approximate surface area is 132 Å². The molecule has 3 nitrogen and oxygen atoms in total. The lowest BCUT2D eigenvalue weighted by atomic mass is 10.3. The smallest absolute Gasteiger partial charge is 0.147 e. The zero-order valence-corrected chi connectivity index (χ0v) is 14.2. The molecule has 114 valence electrons. The molecule has 0 amide bonds. The van der Waals surface area contributed by atoms with E-state index in [4.69, 9.17) is 23.2 Å². The number of nitrogens with zero attached hydrogens (tertiary/aromatic N) is 3. The normalized spacial score (nSPS) is 11.1. The molecule has 0 aromatic carbocycles. The van der Waals surface area contributed by atoms with Gasteiger partial charge in [0.1, 0.15) is 5.82 Å². The molecule has 0 radical (unpaired) electrons. The SMILES string of the molecule is CCN(CC)CCCN(CC)c1ncc(CCl)cc1Cl. The fourth-order valence-corrected chi connectivity index (χ4v) is 2.67. The Hall–Kier alpha value is -0.510. The van der Waals surface area contributed by atoms with Crippen LogP contribution in [0.25, 0.3) is 0 Å². The maximum Gasteiger partial charge on any atom is 0.147 e. The fourth-order valence-electron chi connectivity index (χ4n) is 2.21. The maximum atomic E-state index is 6.30. The van der Waals surface area contributed by atoms with Crippen LogP contribution in [0, 0.1) is 0 Å². The lowest BCUT2D eigenvalue weighted by molar-refractivity contribution is 0.300. The molecule has 0 fully saturated rings. The molecule has 0 N–H and O–H groups in total. The predicted molar refractivity (Wildman–Crippen MR) is 89.1 cm³/mol. The number of aromatic nitrogens is 1. The van der Waals surface area contributed by atoms with E-state index in [1.807, 2.05) is 6.07 Å². The molecule has 0 unspecified atom stereocenters. The van der Waals surface area contributed by atoms with Crippen molar-refractivity contribution in [3.8, 4) is 0 Å². The van der Waals surface area contributed by atoms with Gasteiger partial charge >= 0.3 is 0 Å². The van der Waals surface area contributed by atoms with Crippen LogP contribution >= 0.6 is 23.2 Å². The molecule has 0 aliphatic rings. The van der Waals surface area contributed by atoms with Crippen molar-refractivity contribution in [1.29, 1.82) is 0 Å². The van der Waals surface area contributed by atoms with Crippen LogP contribution in [0.1, 0.15) is 32.8 Å². The van der Waals surface area contributed by atoms with Crippen LogP contribution in [0.2, 0.25) is 5.02 Å². The van der Waals surface area contributed by atoms with E-state index in [2.05, 4.69) is 35.6 Å². The Kier molecular flexibility index (Phi) is 8.27. The highest BCUT2D eigenvalue weighted by atomic mass is 35.5. The third-order valence-electron chi connectivity index (χ3n) is 3.51. The second-order valence-corrected chi connectivity index (χ2v) is 5.42. The highest BCUT2D eigenvalue weighted by Gasteiger charge is 2.11. The minimum Gasteiger partial charge on any atom is -0.356 e. The van der Waals surface area contributed by atoms with Gasteiger partial charge in [-0.25, -0.2) is 4.98 Å². The Balaban J connectivity index is 2.62. The largest absolute Gasteiger partial charge is 0.356 e. The summed E-state index contributed by atoms with van der Waals surface area (Å²) in [6.07, 6.45) is 2.92. The molecule has 0 saturated heterocycles. The van der Waals surface area contributed by atoms with E-state index in [-0.39, 0.29) is 0 Å². The molecule has 0 aliphatic heterocycles. The summed E-state index contributed by atoms with van der Waals surface area (Å²) in [6.45, 7) is 11.7. The fraction of sp³-hybridized carbons (Fsp3) is 0.667. The van der Waals surface area contributed by atoms with E-state index in [1.165, 1.54) is 0 Å². The summed E-state index contributed by atoms with van der Waals surface area (Å²) in [4.78, 5) is 9.11.